The number of hydrogen-bond acceptors (Lipinski definition) is 6. The van der Waals surface area contributed by atoms with Gasteiger partial charge in [-0.1, -0.05) is 0 Å². The Morgan fingerprint density at radius 3 is 2.63 bits per heavy atom. The molecule has 12 heteroatoms. The van der Waals surface area contributed by atoms with Crippen LogP contribution in [0.4, 0.5) is 24.8 Å². The minimum absolute atomic E-state index is 0.0427. The largest absolute Gasteiger partial charge is 0.416 e. The first-order valence-corrected chi connectivity index (χ1v) is 10.8. The van der Waals surface area contributed by atoms with Crippen LogP contribution in [0.2, 0.25) is 0 Å². The zero-order valence-corrected chi connectivity index (χ0v) is 19.3. The van der Waals surface area contributed by atoms with Gasteiger partial charge in [0.1, 0.15) is 18.0 Å². The van der Waals surface area contributed by atoms with Crippen LogP contribution in [0.15, 0.2) is 42.6 Å². The molecule has 2 fully saturated rings. The first-order chi connectivity index (χ1) is 16.4. The van der Waals surface area contributed by atoms with Crippen molar-refractivity contribution in [3.05, 3.63) is 53.9 Å². The van der Waals surface area contributed by atoms with E-state index in [-0.39, 0.29) is 17.3 Å². The zero-order valence-electron chi connectivity index (χ0n) is 19.3. The molecule has 5 heterocycles. The van der Waals surface area contributed by atoms with Crippen LogP contribution in [-0.4, -0.2) is 57.5 Å². The van der Waals surface area contributed by atoms with Gasteiger partial charge in [-0.05, 0) is 57.2 Å². The second kappa shape index (κ2) is 7.75. The fourth-order valence-corrected chi connectivity index (χ4v) is 4.48. The molecule has 2 saturated heterocycles. The molecular weight excluding hydrogens is 467 g/mol. The summed E-state index contributed by atoms with van der Waals surface area (Å²) < 4.78 is 53.7. The highest BCUT2D eigenvalue weighted by Crippen LogP contribution is 2.41. The first kappa shape index (κ1) is 23.2. The molecule has 184 valence electrons. The van der Waals surface area contributed by atoms with E-state index in [1.54, 1.807) is 42.8 Å². The second-order valence-corrected chi connectivity index (χ2v) is 8.99. The topological polar surface area (TPSA) is 89.3 Å². The van der Waals surface area contributed by atoms with Gasteiger partial charge in [-0.2, -0.15) is 13.2 Å². The maximum Gasteiger partial charge on any atom is 0.416 e. The van der Waals surface area contributed by atoms with Gasteiger partial charge in [-0.3, -0.25) is 19.4 Å². The normalized spacial score (nSPS) is 23.7. The molecule has 3 unspecified atom stereocenters. The van der Waals surface area contributed by atoms with Crippen LogP contribution in [0.1, 0.15) is 25.1 Å². The van der Waals surface area contributed by atoms with Crippen LogP contribution in [0.5, 0.6) is 0 Å². The summed E-state index contributed by atoms with van der Waals surface area (Å²) in [5.74, 6) is -2.49. The molecule has 0 spiro atoms. The number of pyridine rings is 1. The highest BCUT2D eigenvalue weighted by Gasteiger charge is 2.61. The molecule has 3 aromatic rings. The molecule has 0 radical (unpaired) electrons. The average molecular weight is 489 g/mol. The minimum atomic E-state index is -4.66. The van der Waals surface area contributed by atoms with Gasteiger partial charge in [-0.25, -0.2) is 9.50 Å². The average Bonchev–Trinajstić information content (AvgIpc) is 3.43. The smallest absolute Gasteiger partial charge is 0.341 e. The fraction of sp³-hybridized carbons (Fsp3) is 0.391. The number of halogens is 3. The highest BCUT2D eigenvalue weighted by molar-refractivity contribution is 6.10. The maximum atomic E-state index is 13.8. The van der Waals surface area contributed by atoms with Crippen molar-refractivity contribution in [2.45, 2.75) is 51.0 Å². The quantitative estimate of drug-likeness (QED) is 0.562. The lowest BCUT2D eigenvalue weighted by Crippen LogP contribution is -2.51. The van der Waals surface area contributed by atoms with Gasteiger partial charge in [0.15, 0.2) is 17.7 Å². The highest BCUT2D eigenvalue weighted by atomic mass is 19.4. The Hall–Kier alpha value is -3.51. The van der Waals surface area contributed by atoms with Gasteiger partial charge >= 0.3 is 6.18 Å². The third kappa shape index (κ3) is 3.92. The Morgan fingerprint density at radius 1 is 1.17 bits per heavy atom. The van der Waals surface area contributed by atoms with Crippen molar-refractivity contribution in [1.29, 1.82) is 0 Å². The summed E-state index contributed by atoms with van der Waals surface area (Å²) in [5.41, 5.74) is -0.127. The van der Waals surface area contributed by atoms with Crippen molar-refractivity contribution in [3.63, 3.8) is 0 Å². The SMILES string of the molecule is Cc1cc(C(F)(F)F)cc(N2C(=O)C3OC(C)(C)OC3C2C(=O)N(C)c2ccc3cccn3n2)n1. The summed E-state index contributed by atoms with van der Waals surface area (Å²) in [7, 11) is 1.47. The molecule has 2 aliphatic rings. The molecule has 0 aromatic carbocycles. The van der Waals surface area contributed by atoms with Gasteiger partial charge in [-0.15, -0.1) is 5.10 Å². The third-order valence-corrected chi connectivity index (χ3v) is 6.01. The molecule has 9 nitrogen and oxygen atoms in total. The predicted molar refractivity (Wildman–Crippen MR) is 118 cm³/mol. The molecular formula is C23H22F3N5O4. The van der Waals surface area contributed by atoms with Crippen LogP contribution in [0.25, 0.3) is 5.52 Å². The summed E-state index contributed by atoms with van der Waals surface area (Å²) in [5, 5.41) is 4.40. The van der Waals surface area contributed by atoms with E-state index in [4.69, 9.17) is 9.47 Å². The number of carbonyl (C=O) groups excluding carboxylic acids is 2. The number of rotatable bonds is 3. The van der Waals surface area contributed by atoms with E-state index in [9.17, 15) is 22.8 Å². The van der Waals surface area contributed by atoms with Crippen LogP contribution in [-0.2, 0) is 25.2 Å². The van der Waals surface area contributed by atoms with E-state index >= 15 is 0 Å². The van der Waals surface area contributed by atoms with Gasteiger partial charge in [0.05, 0.1) is 11.1 Å². The number of fused-ring (bicyclic) bond motifs is 2. The number of carbonyl (C=O) groups is 2. The summed E-state index contributed by atoms with van der Waals surface area (Å²) in [6.45, 7) is 4.58. The standard InChI is InChI=1S/C23H22F3N5O4/c1-12-10-13(23(24,25)26)11-16(27-12)31-17(18-19(21(31)33)35-22(2,3)34-18)20(32)29(4)15-8-7-14-6-5-9-30(14)28-15/h5-11,17-19H,1-4H3. The molecule has 2 amide bonds. The molecule has 2 aliphatic heterocycles. The Balaban J connectivity index is 1.58. The molecule has 5 rings (SSSR count). The van der Waals surface area contributed by atoms with Crippen LogP contribution in [0, 0.1) is 6.92 Å². The van der Waals surface area contributed by atoms with E-state index in [0.29, 0.717) is 0 Å². The van der Waals surface area contributed by atoms with E-state index in [1.807, 2.05) is 6.07 Å². The molecule has 3 aromatic heterocycles. The summed E-state index contributed by atoms with van der Waals surface area (Å²) >= 11 is 0. The molecule has 3 atom stereocenters. The molecule has 0 aliphatic carbocycles. The number of hydrogen-bond donors (Lipinski definition) is 0. The lowest BCUT2D eigenvalue weighted by atomic mass is 10.1. The molecule has 0 bridgehead atoms. The van der Waals surface area contributed by atoms with Crippen molar-refractivity contribution in [1.82, 2.24) is 14.6 Å². The number of amides is 2. The zero-order chi connectivity index (χ0) is 25.3. The van der Waals surface area contributed by atoms with E-state index < -0.39 is 47.6 Å². The summed E-state index contributed by atoms with van der Waals surface area (Å²) in [6.07, 6.45) is -5.18. The number of alkyl halides is 3. The number of nitrogens with zero attached hydrogens (tertiary/aromatic N) is 5. The third-order valence-electron chi connectivity index (χ3n) is 6.01. The lowest BCUT2D eigenvalue weighted by Gasteiger charge is -2.31. The summed E-state index contributed by atoms with van der Waals surface area (Å²) in [6, 6.07) is 7.34. The van der Waals surface area contributed by atoms with Gasteiger partial charge in [0.2, 0.25) is 0 Å². The molecule has 35 heavy (non-hydrogen) atoms. The van der Waals surface area contributed by atoms with Crippen LogP contribution < -0.4 is 9.80 Å². The van der Waals surface area contributed by atoms with E-state index in [1.165, 1.54) is 18.9 Å². The molecule has 0 saturated carbocycles. The van der Waals surface area contributed by atoms with Gasteiger partial charge < -0.3 is 9.47 Å². The maximum absolute atomic E-state index is 13.8. The number of anilines is 2. The number of likely N-dealkylation sites (N-methyl/N-ethyl adjacent to an activating group) is 1. The fourth-order valence-electron chi connectivity index (χ4n) is 4.48. The molecule has 0 N–H and O–H groups in total. The van der Waals surface area contributed by atoms with E-state index in [0.717, 1.165) is 22.5 Å². The number of ether oxygens (including phenoxy) is 2. The van der Waals surface area contributed by atoms with Crippen molar-refractivity contribution >= 4 is 29.0 Å². The first-order valence-electron chi connectivity index (χ1n) is 10.8. The Bertz CT molecular complexity index is 1340. The van der Waals surface area contributed by atoms with E-state index in [2.05, 4.69) is 10.1 Å². The number of aromatic nitrogens is 3. The van der Waals surface area contributed by atoms with Gasteiger partial charge in [0, 0.05) is 18.9 Å². The predicted octanol–water partition coefficient (Wildman–Crippen LogP) is 2.95. The van der Waals surface area contributed by atoms with Crippen molar-refractivity contribution in [2.24, 2.45) is 0 Å². The minimum Gasteiger partial charge on any atom is -0.341 e. The Kier molecular flexibility index (Phi) is 5.15. The van der Waals surface area contributed by atoms with Crippen LogP contribution in [0.3, 0.4) is 0 Å². The monoisotopic (exact) mass is 489 g/mol. The van der Waals surface area contributed by atoms with Crippen molar-refractivity contribution in [2.75, 3.05) is 16.8 Å². The van der Waals surface area contributed by atoms with Crippen LogP contribution >= 0.6 is 0 Å². The number of aryl methyl sites for hydroxylation is 1. The lowest BCUT2D eigenvalue weighted by molar-refractivity contribution is -0.161. The Morgan fingerprint density at radius 2 is 1.91 bits per heavy atom. The Labute approximate surface area is 198 Å². The van der Waals surface area contributed by atoms with Crippen molar-refractivity contribution < 1.29 is 32.2 Å². The van der Waals surface area contributed by atoms with Gasteiger partial charge in [0.25, 0.3) is 11.8 Å². The van der Waals surface area contributed by atoms with Crippen molar-refractivity contribution in [3.8, 4) is 0 Å². The summed E-state index contributed by atoms with van der Waals surface area (Å²) in [4.78, 5) is 33.5. The second-order valence-electron chi connectivity index (χ2n) is 8.99.